The number of ether oxygens (including phenoxy) is 5. The number of hydrogen-bond acceptors (Lipinski definition) is 11. The van der Waals surface area contributed by atoms with E-state index in [9.17, 15) is 37.4 Å². The fraction of sp³-hybridized carbons (Fsp3) is 0.509. The lowest BCUT2D eigenvalue weighted by Crippen LogP contribution is -2.51. The number of aliphatic hydroxyl groups excluding tert-OH is 2. The number of nitrogens with one attached hydrogen (secondary N) is 4. The van der Waals surface area contributed by atoms with E-state index in [1.54, 1.807) is 20.8 Å². The molecule has 6 N–H and O–H groups in total. The molecule has 6 unspecified atom stereocenters. The Morgan fingerprint density at radius 2 is 1.06 bits per heavy atom. The molecule has 2 saturated heterocycles. The van der Waals surface area contributed by atoms with Crippen molar-refractivity contribution in [1.82, 2.24) is 21.3 Å². The zero-order valence-electron chi connectivity index (χ0n) is 40.2. The van der Waals surface area contributed by atoms with Crippen LogP contribution in [0, 0.1) is 23.3 Å². The molecule has 2 amide bonds. The second-order valence-corrected chi connectivity index (χ2v) is 19.7. The van der Waals surface area contributed by atoms with Gasteiger partial charge in [0.05, 0.1) is 63.9 Å². The third-order valence-electron chi connectivity index (χ3n) is 12.8. The summed E-state index contributed by atoms with van der Waals surface area (Å²) >= 11 is 0. The smallest absolute Gasteiger partial charge is 0.407 e. The first-order valence-electron chi connectivity index (χ1n) is 24.0. The van der Waals surface area contributed by atoms with Crippen molar-refractivity contribution in [2.75, 3.05) is 52.7 Å². The summed E-state index contributed by atoms with van der Waals surface area (Å²) in [6, 6.07) is 21.2. The maximum absolute atomic E-state index is 13.8. The van der Waals surface area contributed by atoms with Crippen molar-refractivity contribution < 1.29 is 61.0 Å². The minimum Gasteiger partial charge on any atom is -0.444 e. The molecule has 4 fully saturated rings. The van der Waals surface area contributed by atoms with E-state index in [1.807, 2.05) is 30.3 Å². The summed E-state index contributed by atoms with van der Waals surface area (Å²) < 4.78 is 82.8. The minimum atomic E-state index is -1.05. The van der Waals surface area contributed by atoms with Crippen LogP contribution in [0.4, 0.5) is 22.4 Å². The van der Waals surface area contributed by atoms with Crippen molar-refractivity contribution in [3.8, 4) is 0 Å². The number of aliphatic hydroxyl groups is 2. The Bertz CT molecular complexity index is 2340. The lowest BCUT2D eigenvalue weighted by Gasteiger charge is -2.29. The number of hydrogen-bond donors (Lipinski definition) is 6. The molecule has 70 heavy (non-hydrogen) atoms. The average Bonchev–Trinajstić information content (AvgIpc) is 4.26. The zero-order chi connectivity index (χ0) is 50.1. The number of halogens is 4. The van der Waals surface area contributed by atoms with Gasteiger partial charge in [-0.1, -0.05) is 48.5 Å². The Labute approximate surface area is 407 Å². The van der Waals surface area contributed by atoms with Crippen LogP contribution in [-0.2, 0) is 52.4 Å². The highest BCUT2D eigenvalue weighted by atomic mass is 19.1. The minimum absolute atomic E-state index is 0.0261. The van der Waals surface area contributed by atoms with Crippen LogP contribution in [0.15, 0.2) is 84.9 Å². The van der Waals surface area contributed by atoms with E-state index >= 15 is 0 Å². The van der Waals surface area contributed by atoms with Crippen LogP contribution in [0.2, 0.25) is 0 Å². The molecule has 2 aliphatic heterocycles. The number of amides is 2. The van der Waals surface area contributed by atoms with Crippen molar-refractivity contribution in [3.63, 3.8) is 0 Å². The molecule has 0 radical (unpaired) electrons. The molecule has 0 aromatic heterocycles. The van der Waals surface area contributed by atoms with Crippen LogP contribution in [0.25, 0.3) is 0 Å². The summed E-state index contributed by atoms with van der Waals surface area (Å²) in [5.41, 5.74) is 3.72. The molecule has 8 rings (SSSR count). The van der Waals surface area contributed by atoms with Gasteiger partial charge in [-0.05, 0) is 117 Å². The molecule has 13 nitrogen and oxygen atoms in total. The van der Waals surface area contributed by atoms with E-state index < -0.39 is 59.3 Å². The predicted octanol–water partition coefficient (Wildman–Crippen LogP) is 6.87. The Balaban J connectivity index is 0.000000208. The molecular formula is C53H66F4N4O9. The highest BCUT2D eigenvalue weighted by molar-refractivity contribution is 5.73. The molecule has 6 atom stereocenters. The van der Waals surface area contributed by atoms with Gasteiger partial charge in [-0.15, -0.1) is 0 Å². The van der Waals surface area contributed by atoms with Crippen LogP contribution in [0.3, 0.4) is 0 Å². The van der Waals surface area contributed by atoms with Gasteiger partial charge in [0, 0.05) is 43.2 Å². The normalized spacial score (nSPS) is 20.9. The summed E-state index contributed by atoms with van der Waals surface area (Å²) in [7, 11) is 0. The molecule has 2 aliphatic carbocycles. The van der Waals surface area contributed by atoms with E-state index in [4.69, 9.17) is 23.7 Å². The highest BCUT2D eigenvalue weighted by Gasteiger charge is 2.46. The van der Waals surface area contributed by atoms with E-state index in [1.165, 1.54) is 31.2 Å². The van der Waals surface area contributed by atoms with Crippen molar-refractivity contribution in [3.05, 3.63) is 142 Å². The first kappa shape index (κ1) is 52.8. The molecule has 2 heterocycles. The topological polar surface area (TPSA) is 169 Å². The summed E-state index contributed by atoms with van der Waals surface area (Å²) in [4.78, 5) is 24.2. The van der Waals surface area contributed by atoms with Crippen LogP contribution < -0.4 is 21.3 Å². The molecule has 17 heteroatoms. The van der Waals surface area contributed by atoms with Gasteiger partial charge in [0.2, 0.25) is 5.91 Å². The number of benzene rings is 4. The Kier molecular flexibility index (Phi) is 17.7. The van der Waals surface area contributed by atoms with Crippen molar-refractivity contribution >= 4 is 12.0 Å². The average molecular weight is 979 g/mol. The van der Waals surface area contributed by atoms with Gasteiger partial charge in [-0.25, -0.2) is 22.4 Å². The standard InChI is InChI=1S/C28H36F2N2O5.C25H30F2N2O4/c1-27(2,3)37-26(34)32-23(13-18-11-21(29)15-22(30)12-18)24(33)16-31-28(7-8-28)20-6-4-5-19(14-20)25-17-35-9-10-36-25;1-16(30)29-22(11-17-9-20(26)13-21(27)10-17)23(31)14-28-25(5-6-25)19-4-2-3-18(12-19)24-15-32-7-8-33-24/h4-6,11-12,14-15,23-25,31,33H,7-10,13,16-17H2,1-3H3,(H,32,34);2-4,9-10,12-13,22-24,28,31H,5-8,11,14-15H2,1H3,(H,29,30). The summed E-state index contributed by atoms with van der Waals surface area (Å²) in [6.07, 6.45) is 0.866. The monoisotopic (exact) mass is 978 g/mol. The maximum atomic E-state index is 13.8. The summed E-state index contributed by atoms with van der Waals surface area (Å²) in [6.45, 7) is 10.3. The van der Waals surface area contributed by atoms with Gasteiger partial charge in [-0.3, -0.25) is 4.79 Å². The third-order valence-corrected chi connectivity index (χ3v) is 12.8. The van der Waals surface area contributed by atoms with E-state index in [0.29, 0.717) is 50.8 Å². The number of carbonyl (C=O) groups is 2. The molecule has 0 bridgehead atoms. The number of carbonyl (C=O) groups excluding carboxylic acids is 2. The molecule has 4 aromatic carbocycles. The predicted molar refractivity (Wildman–Crippen MR) is 253 cm³/mol. The first-order valence-corrected chi connectivity index (χ1v) is 24.0. The van der Waals surface area contributed by atoms with Crippen LogP contribution in [-0.4, -0.2) is 105 Å². The third kappa shape index (κ3) is 15.3. The van der Waals surface area contributed by atoms with E-state index in [0.717, 1.165) is 60.1 Å². The van der Waals surface area contributed by atoms with Crippen molar-refractivity contribution in [1.29, 1.82) is 0 Å². The quantitative estimate of drug-likeness (QED) is 0.0576. The summed E-state index contributed by atoms with van der Waals surface area (Å²) in [5.74, 6) is -3.14. The van der Waals surface area contributed by atoms with Gasteiger partial charge in [-0.2, -0.15) is 0 Å². The Hall–Kier alpha value is -4.98. The van der Waals surface area contributed by atoms with Gasteiger partial charge in [0.25, 0.3) is 0 Å². The SMILES string of the molecule is CC(=O)NC(Cc1cc(F)cc(F)c1)C(O)CNC1(c2cccc(C3COCCO3)c2)CC1.CC(C)(C)OC(=O)NC(Cc1cc(F)cc(F)c1)C(O)CNC1(c2cccc(C3COCCO3)c2)CC1. The molecule has 0 spiro atoms. The molecule has 4 aromatic rings. The maximum Gasteiger partial charge on any atom is 0.407 e. The largest absolute Gasteiger partial charge is 0.444 e. The Morgan fingerprint density at radius 1 is 0.643 bits per heavy atom. The lowest BCUT2D eigenvalue weighted by molar-refractivity contribution is -0.120. The second-order valence-electron chi connectivity index (χ2n) is 19.7. The fourth-order valence-electron chi connectivity index (χ4n) is 8.96. The van der Waals surface area contributed by atoms with E-state index in [-0.39, 0.29) is 55.1 Å². The molecule has 2 saturated carbocycles. The van der Waals surface area contributed by atoms with Crippen molar-refractivity contribution in [2.24, 2.45) is 0 Å². The summed E-state index contributed by atoms with van der Waals surface area (Å²) in [5, 5.41) is 34.3. The lowest BCUT2D eigenvalue weighted by atomic mass is 9.97. The van der Waals surface area contributed by atoms with Crippen LogP contribution in [0.1, 0.15) is 99.0 Å². The molecular weight excluding hydrogens is 913 g/mol. The number of alkyl carbamates (subject to hydrolysis) is 1. The molecule has 380 valence electrons. The fourth-order valence-corrected chi connectivity index (χ4v) is 8.96. The van der Waals surface area contributed by atoms with E-state index in [2.05, 4.69) is 39.5 Å². The van der Waals surface area contributed by atoms with Gasteiger partial charge in [0.1, 0.15) is 41.1 Å². The Morgan fingerprint density at radius 3 is 1.41 bits per heavy atom. The van der Waals surface area contributed by atoms with Gasteiger partial charge >= 0.3 is 6.09 Å². The number of rotatable bonds is 18. The zero-order valence-corrected chi connectivity index (χ0v) is 40.2. The first-order chi connectivity index (χ1) is 33.4. The van der Waals surface area contributed by atoms with Crippen LogP contribution in [0.5, 0.6) is 0 Å². The van der Waals surface area contributed by atoms with Crippen molar-refractivity contribution in [2.45, 2.75) is 119 Å². The highest BCUT2D eigenvalue weighted by Crippen LogP contribution is 2.47. The van der Waals surface area contributed by atoms with Crippen LogP contribution >= 0.6 is 0 Å². The van der Waals surface area contributed by atoms with Gasteiger partial charge < -0.3 is 55.2 Å². The second kappa shape index (κ2) is 23.5. The van der Waals surface area contributed by atoms with Gasteiger partial charge in [0.15, 0.2) is 0 Å². The molecule has 4 aliphatic rings.